The lowest BCUT2D eigenvalue weighted by Gasteiger charge is -2.42. The molecule has 2 aliphatic heterocycles. The summed E-state index contributed by atoms with van der Waals surface area (Å²) in [5.74, 6) is 0.964. The van der Waals surface area contributed by atoms with Gasteiger partial charge in [-0.25, -0.2) is 0 Å². The van der Waals surface area contributed by atoms with Gasteiger partial charge in [0.15, 0.2) is 0 Å². The SMILES string of the molecule is C[C@H]1CCCN1C1CC(Oc2ccc(C(=S)N3CCOCC3)cc2)C1. The van der Waals surface area contributed by atoms with Crippen LogP contribution in [0.5, 0.6) is 5.75 Å². The fourth-order valence-electron chi connectivity index (χ4n) is 4.22. The fraction of sp³-hybridized carbons (Fsp3) is 0.650. The van der Waals surface area contributed by atoms with Crippen LogP contribution < -0.4 is 4.74 Å². The number of morpholine rings is 1. The largest absolute Gasteiger partial charge is 0.490 e. The third-order valence-electron chi connectivity index (χ3n) is 5.85. The van der Waals surface area contributed by atoms with Gasteiger partial charge in [0.05, 0.1) is 13.2 Å². The first-order valence-corrected chi connectivity index (χ1v) is 10.0. The van der Waals surface area contributed by atoms with Crippen molar-refractivity contribution in [2.45, 2.75) is 50.8 Å². The van der Waals surface area contributed by atoms with Gasteiger partial charge in [0.25, 0.3) is 0 Å². The second-order valence-corrected chi connectivity index (χ2v) is 7.91. The molecule has 2 heterocycles. The number of hydrogen-bond acceptors (Lipinski definition) is 4. The third-order valence-corrected chi connectivity index (χ3v) is 6.34. The molecule has 1 atom stereocenters. The standard InChI is InChI=1S/C20H28N2O2S/c1-15-3-2-8-22(15)17-13-19(14-17)24-18-6-4-16(5-7-18)20(25)21-9-11-23-12-10-21/h4-7,15,17,19H,2-3,8-14H2,1H3/t15-,17?,19?/m0/s1. The number of hydrogen-bond donors (Lipinski definition) is 0. The highest BCUT2D eigenvalue weighted by Crippen LogP contribution is 2.34. The molecule has 25 heavy (non-hydrogen) atoms. The van der Waals surface area contributed by atoms with E-state index < -0.39 is 0 Å². The summed E-state index contributed by atoms with van der Waals surface area (Å²) >= 11 is 5.62. The van der Waals surface area contributed by atoms with Gasteiger partial charge >= 0.3 is 0 Å². The van der Waals surface area contributed by atoms with Crippen LogP contribution in [-0.4, -0.2) is 65.8 Å². The van der Waals surface area contributed by atoms with Crippen molar-refractivity contribution in [3.05, 3.63) is 29.8 Å². The molecule has 0 bridgehead atoms. The van der Waals surface area contributed by atoms with Crippen molar-refractivity contribution in [3.63, 3.8) is 0 Å². The van der Waals surface area contributed by atoms with Crippen LogP contribution in [-0.2, 0) is 4.74 Å². The van der Waals surface area contributed by atoms with Crippen LogP contribution in [0.2, 0.25) is 0 Å². The van der Waals surface area contributed by atoms with Crippen molar-refractivity contribution in [1.29, 1.82) is 0 Å². The Balaban J connectivity index is 1.27. The van der Waals surface area contributed by atoms with Gasteiger partial charge in [0.2, 0.25) is 0 Å². The van der Waals surface area contributed by atoms with Crippen molar-refractivity contribution in [2.24, 2.45) is 0 Å². The lowest BCUT2D eigenvalue weighted by atomic mass is 9.87. The van der Waals surface area contributed by atoms with Crippen LogP contribution in [0.25, 0.3) is 0 Å². The molecule has 4 rings (SSSR count). The van der Waals surface area contributed by atoms with E-state index in [1.807, 2.05) is 0 Å². The number of likely N-dealkylation sites (tertiary alicyclic amines) is 1. The summed E-state index contributed by atoms with van der Waals surface area (Å²) in [5.41, 5.74) is 1.10. The fourth-order valence-corrected chi connectivity index (χ4v) is 4.54. The molecule has 1 aromatic rings. The quantitative estimate of drug-likeness (QED) is 0.769. The summed E-state index contributed by atoms with van der Waals surface area (Å²) < 4.78 is 11.5. The Bertz CT molecular complexity index is 594. The second kappa shape index (κ2) is 7.60. The van der Waals surface area contributed by atoms with Gasteiger partial charge in [-0.05, 0) is 50.6 Å². The third kappa shape index (κ3) is 3.83. The molecule has 0 unspecified atom stereocenters. The summed E-state index contributed by atoms with van der Waals surface area (Å²) in [6.45, 7) is 6.92. The predicted molar refractivity (Wildman–Crippen MR) is 103 cm³/mol. The molecule has 0 N–H and O–H groups in total. The Labute approximate surface area is 156 Å². The molecule has 2 saturated heterocycles. The van der Waals surface area contributed by atoms with Crippen LogP contribution in [0.15, 0.2) is 24.3 Å². The van der Waals surface area contributed by atoms with Gasteiger partial charge in [-0.15, -0.1) is 0 Å². The first kappa shape index (κ1) is 17.3. The van der Waals surface area contributed by atoms with Crippen molar-refractivity contribution in [3.8, 4) is 5.75 Å². The predicted octanol–water partition coefficient (Wildman–Crippen LogP) is 3.09. The molecular formula is C20H28N2O2S. The highest BCUT2D eigenvalue weighted by molar-refractivity contribution is 7.80. The molecule has 0 amide bonds. The van der Waals surface area contributed by atoms with Crippen molar-refractivity contribution in [1.82, 2.24) is 9.80 Å². The Morgan fingerprint density at radius 1 is 1.12 bits per heavy atom. The average molecular weight is 361 g/mol. The molecule has 5 heteroatoms. The molecule has 0 spiro atoms. The maximum absolute atomic E-state index is 6.15. The summed E-state index contributed by atoms with van der Waals surface area (Å²) in [5, 5.41) is 0. The molecule has 1 saturated carbocycles. The summed E-state index contributed by atoms with van der Waals surface area (Å²) in [7, 11) is 0. The number of thiocarbonyl (C=S) groups is 1. The van der Waals surface area contributed by atoms with Gasteiger partial charge in [-0.1, -0.05) is 12.2 Å². The molecule has 1 aliphatic carbocycles. The van der Waals surface area contributed by atoms with Crippen molar-refractivity contribution >= 4 is 17.2 Å². The minimum Gasteiger partial charge on any atom is -0.490 e. The van der Waals surface area contributed by atoms with Crippen LogP contribution in [0.3, 0.4) is 0 Å². The molecule has 3 aliphatic rings. The minimum atomic E-state index is 0.370. The number of rotatable bonds is 4. The summed E-state index contributed by atoms with van der Waals surface area (Å²) in [6.07, 6.45) is 5.41. The normalized spacial score (nSPS) is 30.1. The number of nitrogens with zero attached hydrogens (tertiary/aromatic N) is 2. The van der Waals surface area contributed by atoms with E-state index in [4.69, 9.17) is 21.7 Å². The molecule has 0 radical (unpaired) electrons. The Hall–Kier alpha value is -1.17. The first-order chi connectivity index (χ1) is 12.2. The molecule has 3 fully saturated rings. The second-order valence-electron chi connectivity index (χ2n) is 7.52. The maximum atomic E-state index is 6.15. The topological polar surface area (TPSA) is 24.9 Å². The lowest BCUT2D eigenvalue weighted by molar-refractivity contribution is 0.0141. The Morgan fingerprint density at radius 2 is 1.84 bits per heavy atom. The maximum Gasteiger partial charge on any atom is 0.119 e. The van der Waals surface area contributed by atoms with Crippen molar-refractivity contribution < 1.29 is 9.47 Å². The van der Waals surface area contributed by atoms with E-state index in [0.29, 0.717) is 6.10 Å². The molecule has 136 valence electrons. The van der Waals surface area contributed by atoms with E-state index in [1.165, 1.54) is 19.4 Å². The smallest absolute Gasteiger partial charge is 0.119 e. The van der Waals surface area contributed by atoms with E-state index >= 15 is 0 Å². The zero-order valence-electron chi connectivity index (χ0n) is 15.0. The van der Waals surface area contributed by atoms with Crippen LogP contribution >= 0.6 is 12.2 Å². The molecule has 0 aromatic heterocycles. The summed E-state index contributed by atoms with van der Waals surface area (Å²) in [6, 6.07) is 9.79. The number of benzene rings is 1. The zero-order valence-corrected chi connectivity index (χ0v) is 15.8. The Kier molecular flexibility index (Phi) is 5.25. The van der Waals surface area contributed by atoms with Gasteiger partial charge in [0.1, 0.15) is 16.8 Å². The lowest BCUT2D eigenvalue weighted by Crippen LogP contribution is -2.50. The number of ether oxygens (including phenoxy) is 2. The van der Waals surface area contributed by atoms with Gasteiger partial charge in [-0.2, -0.15) is 0 Å². The average Bonchev–Trinajstić information content (AvgIpc) is 3.04. The van der Waals surface area contributed by atoms with E-state index in [-0.39, 0.29) is 0 Å². The van der Waals surface area contributed by atoms with E-state index in [9.17, 15) is 0 Å². The first-order valence-electron chi connectivity index (χ1n) is 9.60. The van der Waals surface area contributed by atoms with Gasteiger partial charge in [0, 0.05) is 43.6 Å². The highest BCUT2D eigenvalue weighted by Gasteiger charge is 2.38. The minimum absolute atomic E-state index is 0.370. The van der Waals surface area contributed by atoms with E-state index in [2.05, 4.69) is 41.0 Å². The van der Waals surface area contributed by atoms with Crippen LogP contribution in [0.4, 0.5) is 0 Å². The van der Waals surface area contributed by atoms with E-state index in [0.717, 1.165) is 67.5 Å². The van der Waals surface area contributed by atoms with Gasteiger partial charge in [-0.3, -0.25) is 4.90 Å². The monoisotopic (exact) mass is 360 g/mol. The van der Waals surface area contributed by atoms with Crippen LogP contribution in [0, 0.1) is 0 Å². The van der Waals surface area contributed by atoms with Crippen molar-refractivity contribution in [2.75, 3.05) is 32.8 Å². The highest BCUT2D eigenvalue weighted by atomic mass is 32.1. The van der Waals surface area contributed by atoms with E-state index in [1.54, 1.807) is 0 Å². The Morgan fingerprint density at radius 3 is 2.48 bits per heavy atom. The summed E-state index contributed by atoms with van der Waals surface area (Å²) in [4.78, 5) is 5.81. The molecular weight excluding hydrogens is 332 g/mol. The molecule has 4 nitrogen and oxygen atoms in total. The molecule has 1 aromatic carbocycles. The van der Waals surface area contributed by atoms with Crippen LogP contribution in [0.1, 0.15) is 38.2 Å². The van der Waals surface area contributed by atoms with Gasteiger partial charge < -0.3 is 14.4 Å². The zero-order chi connectivity index (χ0) is 17.2.